The minimum Gasteiger partial charge on any atom is -0.499 e. The summed E-state index contributed by atoms with van der Waals surface area (Å²) >= 11 is 0. The molecule has 6 nitrogen and oxygen atoms in total. The van der Waals surface area contributed by atoms with E-state index in [0.29, 0.717) is 35.6 Å². The van der Waals surface area contributed by atoms with Gasteiger partial charge in [0.15, 0.2) is 5.78 Å². The molecular weight excluding hydrogens is 260 g/mol. The molecular formula is C14H18N2O4. The number of hydrogen-bond acceptors (Lipinski definition) is 6. The summed E-state index contributed by atoms with van der Waals surface area (Å²) in [6.45, 7) is 3.03. The highest BCUT2D eigenvalue weighted by Crippen LogP contribution is 2.31. The van der Waals surface area contributed by atoms with E-state index in [1.54, 1.807) is 6.08 Å². The van der Waals surface area contributed by atoms with Gasteiger partial charge in [-0.25, -0.2) is 4.79 Å². The number of ether oxygens (including phenoxy) is 2. The standard InChI is InChI=1S/C14H18N2O4/c1-4-16-6-8-5-10(19-2)12(15)13(17)11(8)9(7-16)14(18)20-3/h5-6,12H,4,7,15H2,1-3H3. The molecule has 1 heterocycles. The van der Waals surface area contributed by atoms with Crippen LogP contribution >= 0.6 is 0 Å². The number of fused-ring (bicyclic) bond motifs is 1. The fourth-order valence-electron chi connectivity index (χ4n) is 2.37. The van der Waals surface area contributed by atoms with Crippen LogP contribution < -0.4 is 5.73 Å². The molecule has 6 heteroatoms. The van der Waals surface area contributed by atoms with Crippen molar-refractivity contribution >= 4 is 11.8 Å². The van der Waals surface area contributed by atoms with Crippen LogP contribution in [0.2, 0.25) is 0 Å². The molecule has 2 N–H and O–H groups in total. The van der Waals surface area contributed by atoms with Crippen molar-refractivity contribution in [3.8, 4) is 0 Å². The van der Waals surface area contributed by atoms with Gasteiger partial charge in [-0.2, -0.15) is 0 Å². The van der Waals surface area contributed by atoms with Crippen LogP contribution in [0.3, 0.4) is 0 Å². The average Bonchev–Trinajstić information content (AvgIpc) is 2.48. The first kappa shape index (κ1) is 14.3. The van der Waals surface area contributed by atoms with Gasteiger partial charge in [0, 0.05) is 23.9 Å². The summed E-state index contributed by atoms with van der Waals surface area (Å²) in [6.07, 6.45) is 3.54. The minimum atomic E-state index is -0.875. The fourth-order valence-corrected chi connectivity index (χ4v) is 2.37. The van der Waals surface area contributed by atoms with Gasteiger partial charge >= 0.3 is 5.97 Å². The molecule has 0 saturated carbocycles. The van der Waals surface area contributed by atoms with Crippen molar-refractivity contribution in [2.45, 2.75) is 13.0 Å². The number of carbonyl (C=O) groups is 2. The highest BCUT2D eigenvalue weighted by Gasteiger charge is 2.36. The molecule has 0 fully saturated rings. The summed E-state index contributed by atoms with van der Waals surface area (Å²) in [6, 6.07) is -0.875. The van der Waals surface area contributed by atoms with Crippen molar-refractivity contribution in [1.82, 2.24) is 4.90 Å². The highest BCUT2D eigenvalue weighted by atomic mass is 16.5. The fraction of sp³-hybridized carbons (Fsp3) is 0.429. The molecule has 2 rings (SSSR count). The van der Waals surface area contributed by atoms with Crippen LogP contribution in [0.15, 0.2) is 34.8 Å². The van der Waals surface area contributed by atoms with Crippen molar-refractivity contribution in [2.24, 2.45) is 5.73 Å². The molecule has 0 aromatic heterocycles. The van der Waals surface area contributed by atoms with E-state index in [1.807, 2.05) is 18.0 Å². The van der Waals surface area contributed by atoms with Gasteiger partial charge in [-0.3, -0.25) is 4.79 Å². The number of carbonyl (C=O) groups excluding carboxylic acids is 2. The van der Waals surface area contributed by atoms with E-state index in [1.165, 1.54) is 14.2 Å². The van der Waals surface area contributed by atoms with Crippen LogP contribution in [0.1, 0.15) is 6.92 Å². The lowest BCUT2D eigenvalue weighted by atomic mass is 9.85. The lowest BCUT2D eigenvalue weighted by Gasteiger charge is -2.31. The van der Waals surface area contributed by atoms with E-state index in [4.69, 9.17) is 15.2 Å². The quantitative estimate of drug-likeness (QED) is 0.738. The molecule has 1 atom stereocenters. The first-order chi connectivity index (χ1) is 9.53. The Bertz CT molecular complexity index is 545. The van der Waals surface area contributed by atoms with E-state index in [0.717, 1.165) is 0 Å². The Balaban J connectivity index is 2.59. The second-order valence-corrected chi connectivity index (χ2v) is 4.59. The molecule has 0 bridgehead atoms. The van der Waals surface area contributed by atoms with Crippen LogP contribution in [0.4, 0.5) is 0 Å². The highest BCUT2D eigenvalue weighted by molar-refractivity contribution is 6.12. The monoisotopic (exact) mass is 278 g/mol. The lowest BCUT2D eigenvalue weighted by molar-refractivity contribution is -0.136. The van der Waals surface area contributed by atoms with Crippen molar-refractivity contribution in [1.29, 1.82) is 0 Å². The number of esters is 1. The Morgan fingerprint density at radius 1 is 1.50 bits per heavy atom. The number of allylic oxidation sites excluding steroid dienone is 2. The van der Waals surface area contributed by atoms with E-state index in [9.17, 15) is 9.59 Å². The molecule has 0 aromatic carbocycles. The van der Waals surface area contributed by atoms with E-state index >= 15 is 0 Å². The zero-order valence-corrected chi connectivity index (χ0v) is 11.8. The molecule has 2 aliphatic rings. The largest absolute Gasteiger partial charge is 0.499 e. The van der Waals surface area contributed by atoms with Crippen molar-refractivity contribution in [3.05, 3.63) is 34.8 Å². The third kappa shape index (κ3) is 2.22. The summed E-state index contributed by atoms with van der Waals surface area (Å²) in [4.78, 5) is 26.2. The number of rotatable bonds is 3. The normalized spacial score (nSPS) is 22.1. The average molecular weight is 278 g/mol. The van der Waals surface area contributed by atoms with Crippen molar-refractivity contribution < 1.29 is 19.1 Å². The maximum Gasteiger partial charge on any atom is 0.336 e. The smallest absolute Gasteiger partial charge is 0.336 e. The Morgan fingerprint density at radius 3 is 2.75 bits per heavy atom. The third-order valence-corrected chi connectivity index (χ3v) is 3.48. The van der Waals surface area contributed by atoms with Crippen molar-refractivity contribution in [3.63, 3.8) is 0 Å². The minimum absolute atomic E-state index is 0.313. The van der Waals surface area contributed by atoms with Gasteiger partial charge in [-0.1, -0.05) is 0 Å². The molecule has 1 unspecified atom stereocenters. The summed E-state index contributed by atoms with van der Waals surface area (Å²) < 4.78 is 9.90. The number of ketones is 1. The van der Waals surface area contributed by atoms with Gasteiger partial charge in [-0.15, -0.1) is 0 Å². The van der Waals surface area contributed by atoms with Gasteiger partial charge < -0.3 is 20.1 Å². The zero-order chi connectivity index (χ0) is 14.9. The first-order valence-corrected chi connectivity index (χ1v) is 6.36. The van der Waals surface area contributed by atoms with E-state index < -0.39 is 12.0 Å². The first-order valence-electron chi connectivity index (χ1n) is 6.36. The van der Waals surface area contributed by atoms with Crippen LogP contribution in [0, 0.1) is 0 Å². The summed E-state index contributed by atoms with van der Waals surface area (Å²) in [7, 11) is 2.77. The van der Waals surface area contributed by atoms with Crippen LogP contribution in [0.5, 0.6) is 0 Å². The Labute approximate surface area is 117 Å². The molecule has 0 radical (unpaired) electrons. The van der Waals surface area contributed by atoms with E-state index in [-0.39, 0.29) is 5.78 Å². The molecule has 1 aliphatic carbocycles. The number of nitrogens with two attached hydrogens (primary N) is 1. The zero-order valence-electron chi connectivity index (χ0n) is 11.8. The van der Waals surface area contributed by atoms with Crippen LogP contribution in [-0.2, 0) is 19.1 Å². The summed E-state index contributed by atoms with van der Waals surface area (Å²) in [5.74, 6) is -0.419. The molecule has 0 saturated heterocycles. The number of nitrogens with zero attached hydrogens (tertiary/aromatic N) is 1. The maximum absolute atomic E-state index is 12.4. The molecule has 1 aliphatic heterocycles. The molecule has 0 amide bonds. The van der Waals surface area contributed by atoms with Crippen molar-refractivity contribution in [2.75, 3.05) is 27.3 Å². The number of methoxy groups -OCH3 is 2. The molecule has 0 spiro atoms. The lowest BCUT2D eigenvalue weighted by Crippen LogP contribution is -2.41. The third-order valence-electron chi connectivity index (χ3n) is 3.48. The summed E-state index contributed by atoms with van der Waals surface area (Å²) in [5.41, 5.74) is 7.17. The second-order valence-electron chi connectivity index (χ2n) is 4.59. The predicted molar refractivity (Wildman–Crippen MR) is 72.4 cm³/mol. The SMILES string of the molecule is CCN1C=C2C=C(OC)C(N)C(=O)C2=C(C(=O)OC)C1. The Morgan fingerprint density at radius 2 is 2.20 bits per heavy atom. The second kappa shape index (κ2) is 5.50. The van der Waals surface area contributed by atoms with Crippen LogP contribution in [0.25, 0.3) is 0 Å². The molecule has 20 heavy (non-hydrogen) atoms. The Kier molecular flexibility index (Phi) is 3.94. The maximum atomic E-state index is 12.4. The van der Waals surface area contributed by atoms with Gasteiger partial charge in [0.05, 0.1) is 26.3 Å². The van der Waals surface area contributed by atoms with Gasteiger partial charge in [0.2, 0.25) is 0 Å². The topological polar surface area (TPSA) is 81.9 Å². The van der Waals surface area contributed by atoms with Gasteiger partial charge in [-0.05, 0) is 13.0 Å². The Hall–Kier alpha value is -2.08. The number of hydrogen-bond donors (Lipinski definition) is 1. The van der Waals surface area contributed by atoms with Gasteiger partial charge in [0.25, 0.3) is 0 Å². The van der Waals surface area contributed by atoms with Gasteiger partial charge in [0.1, 0.15) is 11.8 Å². The molecule has 108 valence electrons. The van der Waals surface area contributed by atoms with Crippen LogP contribution in [-0.4, -0.2) is 50.0 Å². The van der Waals surface area contributed by atoms with E-state index in [2.05, 4.69) is 0 Å². The number of Topliss-reactive ketones (excluding diaryl/α,β-unsaturated/α-hetero) is 1. The number of likely N-dealkylation sites (N-methyl/N-ethyl adjacent to an activating group) is 1. The molecule has 0 aromatic rings. The summed E-state index contributed by atoms with van der Waals surface area (Å²) in [5, 5.41) is 0. The predicted octanol–water partition coefficient (Wildman–Crippen LogP) is 0.116.